The summed E-state index contributed by atoms with van der Waals surface area (Å²) in [5, 5.41) is 0. The molecule has 1 aliphatic rings. The van der Waals surface area contributed by atoms with Gasteiger partial charge in [-0.2, -0.15) is 0 Å². The van der Waals surface area contributed by atoms with Crippen LogP contribution in [0.5, 0.6) is 0 Å². The quantitative estimate of drug-likeness (QED) is 0.785. The summed E-state index contributed by atoms with van der Waals surface area (Å²) in [4.78, 5) is 4.54. The molecule has 0 aromatic heterocycles. The molecule has 1 heterocycles. The maximum Gasteiger partial charge on any atom is 0.0512 e. The third-order valence-electron chi connectivity index (χ3n) is 4.35. The van der Waals surface area contributed by atoms with E-state index in [2.05, 4.69) is 67.5 Å². The first-order valence-corrected chi connectivity index (χ1v) is 7.98. The number of fused-ring (bicyclic) bond motifs is 1. The van der Waals surface area contributed by atoms with Gasteiger partial charge in [-0.3, -0.25) is 4.99 Å². The molecule has 3 rings (SSSR count). The SMILES string of the molecule is CCc1cc2c(cc1CCc1ccccc1)CC(C)N=C2. The molecule has 2 aromatic carbocycles. The minimum Gasteiger partial charge on any atom is -0.289 e. The highest BCUT2D eigenvalue weighted by atomic mass is 14.8. The molecule has 0 radical (unpaired) electrons. The maximum atomic E-state index is 4.54. The second-order valence-electron chi connectivity index (χ2n) is 5.99. The van der Waals surface area contributed by atoms with Crippen molar-refractivity contribution in [2.24, 2.45) is 4.99 Å². The zero-order chi connectivity index (χ0) is 14.7. The van der Waals surface area contributed by atoms with Gasteiger partial charge in [0.15, 0.2) is 0 Å². The molecule has 21 heavy (non-hydrogen) atoms. The molecule has 1 atom stereocenters. The Hall–Kier alpha value is -1.89. The van der Waals surface area contributed by atoms with E-state index in [4.69, 9.17) is 0 Å². The van der Waals surface area contributed by atoms with Crippen molar-refractivity contribution in [1.82, 2.24) is 0 Å². The van der Waals surface area contributed by atoms with E-state index in [-0.39, 0.29) is 0 Å². The number of nitrogens with zero attached hydrogens (tertiary/aromatic N) is 1. The number of hydrogen-bond donors (Lipinski definition) is 0. The molecule has 0 saturated heterocycles. The molecule has 0 aliphatic carbocycles. The fourth-order valence-corrected chi connectivity index (χ4v) is 3.12. The summed E-state index contributed by atoms with van der Waals surface area (Å²) >= 11 is 0. The van der Waals surface area contributed by atoms with E-state index >= 15 is 0 Å². The summed E-state index contributed by atoms with van der Waals surface area (Å²) in [5.41, 5.74) is 7.21. The van der Waals surface area contributed by atoms with Gasteiger partial charge in [-0.1, -0.05) is 43.3 Å². The Kier molecular flexibility index (Phi) is 4.19. The van der Waals surface area contributed by atoms with Crippen LogP contribution in [0.1, 0.15) is 41.7 Å². The van der Waals surface area contributed by atoms with Gasteiger partial charge in [0.2, 0.25) is 0 Å². The lowest BCUT2D eigenvalue weighted by molar-refractivity contribution is 0.730. The van der Waals surface area contributed by atoms with Crippen LogP contribution in [0.3, 0.4) is 0 Å². The largest absolute Gasteiger partial charge is 0.289 e. The average Bonchev–Trinajstić information content (AvgIpc) is 2.53. The molecule has 0 bridgehead atoms. The van der Waals surface area contributed by atoms with E-state index < -0.39 is 0 Å². The average molecular weight is 277 g/mol. The van der Waals surface area contributed by atoms with Gasteiger partial charge >= 0.3 is 0 Å². The fourth-order valence-electron chi connectivity index (χ4n) is 3.12. The second-order valence-corrected chi connectivity index (χ2v) is 5.99. The normalized spacial score (nSPS) is 16.8. The molecule has 0 amide bonds. The zero-order valence-electron chi connectivity index (χ0n) is 13.0. The maximum absolute atomic E-state index is 4.54. The van der Waals surface area contributed by atoms with Crippen LogP contribution in [0, 0.1) is 0 Å². The Morgan fingerprint density at radius 2 is 1.86 bits per heavy atom. The van der Waals surface area contributed by atoms with Crippen LogP contribution in [-0.4, -0.2) is 12.3 Å². The highest BCUT2D eigenvalue weighted by Crippen LogP contribution is 2.23. The Morgan fingerprint density at radius 1 is 1.05 bits per heavy atom. The van der Waals surface area contributed by atoms with Crippen molar-refractivity contribution >= 4 is 6.21 Å². The van der Waals surface area contributed by atoms with Crippen molar-refractivity contribution in [1.29, 1.82) is 0 Å². The molecule has 1 nitrogen and oxygen atoms in total. The predicted octanol–water partition coefficient (Wildman–Crippen LogP) is 4.40. The highest BCUT2D eigenvalue weighted by Gasteiger charge is 2.14. The van der Waals surface area contributed by atoms with Crippen molar-refractivity contribution < 1.29 is 0 Å². The van der Waals surface area contributed by atoms with Gasteiger partial charge in [0, 0.05) is 6.21 Å². The molecule has 108 valence electrons. The van der Waals surface area contributed by atoms with E-state index in [1.54, 1.807) is 0 Å². The van der Waals surface area contributed by atoms with Gasteiger partial charge < -0.3 is 0 Å². The van der Waals surface area contributed by atoms with Crippen LogP contribution >= 0.6 is 0 Å². The fraction of sp³-hybridized carbons (Fsp3) is 0.350. The lowest BCUT2D eigenvalue weighted by atomic mass is 9.90. The van der Waals surface area contributed by atoms with Gasteiger partial charge in [0.25, 0.3) is 0 Å². The first-order valence-electron chi connectivity index (χ1n) is 7.98. The molecular formula is C20H23N. The van der Waals surface area contributed by atoms with Gasteiger partial charge in [-0.25, -0.2) is 0 Å². The lowest BCUT2D eigenvalue weighted by Crippen LogP contribution is -2.13. The molecule has 1 unspecified atom stereocenters. The first kappa shape index (κ1) is 14.1. The summed E-state index contributed by atoms with van der Waals surface area (Å²) in [6, 6.07) is 16.0. The van der Waals surface area contributed by atoms with Crippen LogP contribution in [0.2, 0.25) is 0 Å². The molecule has 0 fully saturated rings. The Balaban J connectivity index is 1.84. The molecular weight excluding hydrogens is 254 g/mol. The molecule has 0 spiro atoms. The molecule has 2 aromatic rings. The minimum atomic E-state index is 0.423. The zero-order valence-corrected chi connectivity index (χ0v) is 13.0. The van der Waals surface area contributed by atoms with Crippen LogP contribution in [0.25, 0.3) is 0 Å². The van der Waals surface area contributed by atoms with Crippen LogP contribution in [0.15, 0.2) is 47.5 Å². The molecule has 1 aliphatic heterocycles. The van der Waals surface area contributed by atoms with Crippen molar-refractivity contribution in [3.63, 3.8) is 0 Å². The summed E-state index contributed by atoms with van der Waals surface area (Å²) in [6.45, 7) is 4.44. The smallest absolute Gasteiger partial charge is 0.0512 e. The van der Waals surface area contributed by atoms with E-state index in [1.165, 1.54) is 27.8 Å². The third kappa shape index (κ3) is 3.24. The summed E-state index contributed by atoms with van der Waals surface area (Å²) in [6.07, 6.45) is 6.49. The van der Waals surface area contributed by atoms with Crippen molar-refractivity contribution in [2.45, 2.75) is 45.6 Å². The molecule has 0 N–H and O–H groups in total. The monoisotopic (exact) mass is 277 g/mol. The van der Waals surface area contributed by atoms with E-state index in [0.29, 0.717) is 6.04 Å². The van der Waals surface area contributed by atoms with Gasteiger partial charge in [0.05, 0.1) is 6.04 Å². The predicted molar refractivity (Wildman–Crippen MR) is 90.4 cm³/mol. The van der Waals surface area contributed by atoms with Crippen LogP contribution in [-0.2, 0) is 25.7 Å². The first-order chi connectivity index (χ1) is 10.3. The van der Waals surface area contributed by atoms with Gasteiger partial charge in [-0.05, 0) is 66.5 Å². The number of aliphatic imine (C=N–C) groups is 1. The highest BCUT2D eigenvalue weighted by molar-refractivity contribution is 5.83. The summed E-state index contributed by atoms with van der Waals surface area (Å²) in [7, 11) is 0. The van der Waals surface area contributed by atoms with E-state index in [0.717, 1.165) is 25.7 Å². The number of aryl methyl sites for hydroxylation is 3. The summed E-state index contributed by atoms with van der Waals surface area (Å²) < 4.78 is 0. The van der Waals surface area contributed by atoms with E-state index in [1.807, 2.05) is 0 Å². The number of hydrogen-bond acceptors (Lipinski definition) is 1. The standard InChI is InChI=1S/C20H23N/c1-3-17-12-20-14-21-15(2)11-19(20)13-18(17)10-9-16-7-5-4-6-8-16/h4-8,12-15H,3,9-11H2,1-2H3. The number of rotatable bonds is 4. The van der Waals surface area contributed by atoms with Crippen molar-refractivity contribution in [2.75, 3.05) is 0 Å². The number of benzene rings is 2. The van der Waals surface area contributed by atoms with E-state index in [9.17, 15) is 0 Å². The van der Waals surface area contributed by atoms with Crippen molar-refractivity contribution in [3.05, 3.63) is 70.3 Å². The molecule has 1 heteroatoms. The Morgan fingerprint density at radius 3 is 2.62 bits per heavy atom. The van der Waals surface area contributed by atoms with Crippen LogP contribution in [0.4, 0.5) is 0 Å². The second kappa shape index (κ2) is 6.26. The molecule has 0 saturated carbocycles. The van der Waals surface area contributed by atoms with Gasteiger partial charge in [-0.15, -0.1) is 0 Å². The van der Waals surface area contributed by atoms with Crippen LogP contribution < -0.4 is 0 Å². The van der Waals surface area contributed by atoms with Gasteiger partial charge in [0.1, 0.15) is 0 Å². The summed E-state index contributed by atoms with van der Waals surface area (Å²) in [5.74, 6) is 0. The minimum absolute atomic E-state index is 0.423. The lowest BCUT2D eigenvalue weighted by Gasteiger charge is -2.19. The third-order valence-corrected chi connectivity index (χ3v) is 4.35. The Labute approximate surface area is 127 Å². The van der Waals surface area contributed by atoms with Crippen molar-refractivity contribution in [3.8, 4) is 0 Å². The topological polar surface area (TPSA) is 12.4 Å². The Bertz CT molecular complexity index is 640.